The number of aromatic amines is 2. The van der Waals surface area contributed by atoms with Crippen LogP contribution in [-0.2, 0) is 17.6 Å². The molecule has 1 unspecified atom stereocenters. The number of carbonyl (C=O) groups excluding carboxylic acids is 2. The van der Waals surface area contributed by atoms with E-state index in [9.17, 15) is 14.4 Å². The zero-order valence-corrected chi connectivity index (χ0v) is 27.5. The van der Waals surface area contributed by atoms with E-state index in [0.717, 1.165) is 51.7 Å². The Hall–Kier alpha value is -4.54. The molecule has 0 bridgehead atoms. The van der Waals surface area contributed by atoms with Gasteiger partial charge in [0.25, 0.3) is 0 Å². The normalized spacial score (nSPS) is 17.7. The summed E-state index contributed by atoms with van der Waals surface area (Å²) in [6.07, 6.45) is 4.39. The molecule has 10 nitrogen and oxygen atoms in total. The molecule has 3 N–H and O–H groups in total. The van der Waals surface area contributed by atoms with E-state index in [4.69, 9.17) is 11.6 Å². The standard InChI is InChI=1S/C36H40ClN7O3/c1-41(2)21-23-17-24-11-12-26(37)19-33(24)43(22-23)34(45)31(18-25-20-38-29-8-4-3-7-28(25)29)40-35(46)42-15-13-27(14-16-42)44-32-10-6-5-9-30(32)39-36(44)47/h3-12,19-20,23,27,31,38H,13-18,21-22H2,1-2H3,(H,39,47)(H,40,46)/t23?,31-/m1/s1. The fourth-order valence-corrected chi connectivity index (χ4v) is 7.62. The first-order valence-electron chi connectivity index (χ1n) is 16.3. The highest BCUT2D eigenvalue weighted by atomic mass is 35.5. The summed E-state index contributed by atoms with van der Waals surface area (Å²) < 4.78 is 1.82. The van der Waals surface area contributed by atoms with Gasteiger partial charge in [0.15, 0.2) is 0 Å². The number of fused-ring (bicyclic) bond motifs is 3. The van der Waals surface area contributed by atoms with Crippen LogP contribution in [0.1, 0.15) is 30.0 Å². The van der Waals surface area contributed by atoms with Gasteiger partial charge in [0.2, 0.25) is 5.91 Å². The summed E-state index contributed by atoms with van der Waals surface area (Å²) in [6, 6.07) is 20.3. The highest BCUT2D eigenvalue weighted by Gasteiger charge is 2.35. The Balaban J connectivity index is 1.14. The summed E-state index contributed by atoms with van der Waals surface area (Å²) in [5.74, 6) is 0.0786. The van der Waals surface area contributed by atoms with Crippen LogP contribution in [0.2, 0.25) is 5.02 Å². The first kappa shape index (κ1) is 31.1. The molecule has 7 rings (SSSR count). The van der Waals surface area contributed by atoms with Crippen molar-refractivity contribution in [1.29, 1.82) is 0 Å². The van der Waals surface area contributed by atoms with Gasteiger partial charge in [-0.25, -0.2) is 9.59 Å². The average molecular weight is 654 g/mol. The SMILES string of the molecule is CN(C)CC1Cc2ccc(Cl)cc2N(C(=O)[C@@H](Cc2c[nH]c3ccccc23)NC(=O)N2CCC(n3c(=O)[nH]c4ccccc43)CC2)C1. The van der Waals surface area contributed by atoms with E-state index in [0.29, 0.717) is 43.9 Å². The number of halogens is 1. The number of likely N-dealkylation sites (tertiary alicyclic amines) is 1. The van der Waals surface area contributed by atoms with Crippen LogP contribution in [0.4, 0.5) is 10.5 Å². The Morgan fingerprint density at radius 1 is 1.02 bits per heavy atom. The van der Waals surface area contributed by atoms with Crippen LogP contribution in [-0.4, -0.2) is 82.6 Å². The number of aromatic nitrogens is 3. The van der Waals surface area contributed by atoms with Gasteiger partial charge in [-0.2, -0.15) is 0 Å². The molecule has 0 radical (unpaired) electrons. The lowest BCUT2D eigenvalue weighted by Crippen LogP contribution is -2.56. The van der Waals surface area contributed by atoms with Crippen molar-refractivity contribution in [1.82, 2.24) is 29.7 Å². The number of para-hydroxylation sites is 3. The highest BCUT2D eigenvalue weighted by Crippen LogP contribution is 2.34. The van der Waals surface area contributed by atoms with Gasteiger partial charge in [-0.1, -0.05) is 48.0 Å². The number of benzene rings is 3. The summed E-state index contributed by atoms with van der Waals surface area (Å²) in [7, 11) is 4.09. The highest BCUT2D eigenvalue weighted by molar-refractivity contribution is 6.31. The van der Waals surface area contributed by atoms with Crippen molar-refractivity contribution < 1.29 is 9.59 Å². The monoisotopic (exact) mass is 653 g/mol. The lowest BCUT2D eigenvalue weighted by Gasteiger charge is -2.38. The number of hydrogen-bond donors (Lipinski definition) is 3. The van der Waals surface area contributed by atoms with E-state index < -0.39 is 6.04 Å². The molecular formula is C36H40ClN7O3. The van der Waals surface area contributed by atoms with Crippen LogP contribution in [0.25, 0.3) is 21.9 Å². The molecule has 2 atom stereocenters. The fourth-order valence-electron chi connectivity index (χ4n) is 7.45. The number of amides is 3. The molecule has 3 amide bonds. The number of rotatable bonds is 7. The Labute approximate surface area is 278 Å². The number of urea groups is 1. The Morgan fingerprint density at radius 2 is 1.77 bits per heavy atom. The largest absolute Gasteiger partial charge is 0.361 e. The first-order valence-corrected chi connectivity index (χ1v) is 16.7. The predicted octanol–water partition coefficient (Wildman–Crippen LogP) is 5.19. The second-order valence-corrected chi connectivity index (χ2v) is 13.6. The summed E-state index contributed by atoms with van der Waals surface area (Å²) in [5.41, 5.74) is 5.38. The molecule has 2 aliphatic rings. The van der Waals surface area contributed by atoms with Crippen LogP contribution in [0.15, 0.2) is 77.7 Å². The lowest BCUT2D eigenvalue weighted by molar-refractivity contribution is -0.120. The molecule has 4 heterocycles. The molecule has 0 spiro atoms. The number of hydrogen-bond acceptors (Lipinski definition) is 4. The van der Waals surface area contributed by atoms with Crippen molar-refractivity contribution in [3.8, 4) is 0 Å². The van der Waals surface area contributed by atoms with E-state index in [1.165, 1.54) is 0 Å². The molecule has 244 valence electrons. The third-order valence-electron chi connectivity index (χ3n) is 9.61. The van der Waals surface area contributed by atoms with Gasteiger partial charge in [-0.3, -0.25) is 9.36 Å². The third-order valence-corrected chi connectivity index (χ3v) is 9.85. The maximum absolute atomic E-state index is 14.6. The summed E-state index contributed by atoms with van der Waals surface area (Å²) in [6.45, 7) is 2.32. The number of imidazole rings is 1. The molecular weight excluding hydrogens is 614 g/mol. The predicted molar refractivity (Wildman–Crippen MR) is 186 cm³/mol. The molecule has 5 aromatic rings. The number of H-pyrrole nitrogens is 2. The van der Waals surface area contributed by atoms with Gasteiger partial charge in [0.1, 0.15) is 6.04 Å². The lowest BCUT2D eigenvalue weighted by atomic mass is 9.91. The minimum atomic E-state index is -0.805. The number of piperidine rings is 1. The molecule has 0 aliphatic carbocycles. The van der Waals surface area contributed by atoms with Crippen molar-refractivity contribution in [3.63, 3.8) is 0 Å². The van der Waals surface area contributed by atoms with Gasteiger partial charge in [-0.05, 0) is 80.7 Å². The zero-order valence-electron chi connectivity index (χ0n) is 26.7. The van der Waals surface area contributed by atoms with E-state index in [1.54, 1.807) is 4.90 Å². The minimum absolute atomic E-state index is 0.0189. The number of nitrogens with one attached hydrogen (secondary N) is 3. The van der Waals surface area contributed by atoms with Crippen molar-refractivity contribution in [2.45, 2.75) is 37.8 Å². The van der Waals surface area contributed by atoms with Crippen molar-refractivity contribution >= 4 is 51.2 Å². The maximum Gasteiger partial charge on any atom is 0.326 e. The topological polar surface area (TPSA) is 109 Å². The van der Waals surface area contributed by atoms with Crippen molar-refractivity contribution in [2.75, 3.05) is 45.2 Å². The molecule has 0 saturated carbocycles. The Bertz CT molecular complexity index is 1990. The first-order chi connectivity index (χ1) is 22.7. The van der Waals surface area contributed by atoms with Crippen LogP contribution >= 0.6 is 11.6 Å². The van der Waals surface area contributed by atoms with Gasteiger partial charge >= 0.3 is 11.7 Å². The molecule has 2 aromatic heterocycles. The molecule has 47 heavy (non-hydrogen) atoms. The maximum atomic E-state index is 14.6. The smallest absolute Gasteiger partial charge is 0.326 e. The summed E-state index contributed by atoms with van der Waals surface area (Å²) >= 11 is 6.45. The van der Waals surface area contributed by atoms with Gasteiger partial charge in [-0.15, -0.1) is 0 Å². The second kappa shape index (κ2) is 12.9. The van der Waals surface area contributed by atoms with Crippen molar-refractivity contribution in [3.05, 3.63) is 99.6 Å². The zero-order chi connectivity index (χ0) is 32.7. The summed E-state index contributed by atoms with van der Waals surface area (Å²) in [5, 5.41) is 4.74. The van der Waals surface area contributed by atoms with Gasteiger partial charge in [0.05, 0.1) is 11.0 Å². The number of carbonyl (C=O) groups is 2. The van der Waals surface area contributed by atoms with E-state index in [-0.39, 0.29) is 29.6 Å². The quantitative estimate of drug-likeness (QED) is 0.225. The van der Waals surface area contributed by atoms with E-state index >= 15 is 0 Å². The number of anilines is 1. The summed E-state index contributed by atoms with van der Waals surface area (Å²) in [4.78, 5) is 53.4. The van der Waals surface area contributed by atoms with Crippen LogP contribution in [0.3, 0.4) is 0 Å². The Kier molecular flexibility index (Phi) is 8.55. The molecule has 1 saturated heterocycles. The molecule has 3 aromatic carbocycles. The van der Waals surface area contributed by atoms with Gasteiger partial charge in [0, 0.05) is 66.5 Å². The average Bonchev–Trinajstić information content (AvgIpc) is 3.63. The second-order valence-electron chi connectivity index (χ2n) is 13.2. The van der Waals surface area contributed by atoms with Crippen molar-refractivity contribution in [2.24, 2.45) is 5.92 Å². The van der Waals surface area contributed by atoms with Crippen LogP contribution < -0.4 is 15.9 Å². The minimum Gasteiger partial charge on any atom is -0.361 e. The Morgan fingerprint density at radius 3 is 2.55 bits per heavy atom. The van der Waals surface area contributed by atoms with Crippen LogP contribution in [0, 0.1) is 5.92 Å². The third kappa shape index (κ3) is 6.27. The van der Waals surface area contributed by atoms with Gasteiger partial charge < -0.3 is 30.0 Å². The number of nitrogens with zero attached hydrogens (tertiary/aromatic N) is 4. The molecule has 2 aliphatic heterocycles. The van der Waals surface area contributed by atoms with E-state index in [1.807, 2.05) is 96.5 Å². The fraction of sp³-hybridized carbons (Fsp3) is 0.361. The van der Waals surface area contributed by atoms with Crippen LogP contribution in [0.5, 0.6) is 0 Å². The molecule has 11 heteroatoms. The van der Waals surface area contributed by atoms with E-state index in [2.05, 4.69) is 20.2 Å². The molecule has 1 fully saturated rings.